The van der Waals surface area contributed by atoms with Gasteiger partial charge in [0.1, 0.15) is 0 Å². The Kier molecular flexibility index (Phi) is 1.95. The Hall–Kier alpha value is -0.0400. The van der Waals surface area contributed by atoms with Crippen molar-refractivity contribution in [3.63, 3.8) is 0 Å². The van der Waals surface area contributed by atoms with E-state index >= 15 is 0 Å². The van der Waals surface area contributed by atoms with Crippen LogP contribution in [0.2, 0.25) is 0 Å². The Labute approximate surface area is 75.5 Å². The summed E-state index contributed by atoms with van der Waals surface area (Å²) in [4.78, 5) is 0. The van der Waals surface area contributed by atoms with E-state index in [-0.39, 0.29) is 0 Å². The van der Waals surface area contributed by atoms with E-state index < -0.39 is 0 Å². The number of fused-ring (bicyclic) bond motifs is 1. The monoisotopic (exact) mass is 168 g/mol. The normalized spacial score (nSPS) is 45.8. The molecule has 0 amide bonds. The third kappa shape index (κ3) is 1.39. The fraction of sp³-hybridized carbons (Fsp3) is 1.00. The maximum absolute atomic E-state index is 5.80. The number of ether oxygens (including phenoxy) is 1. The summed E-state index contributed by atoms with van der Waals surface area (Å²) in [5.41, 5.74) is 0.533. The summed E-state index contributed by atoms with van der Waals surface area (Å²) in [6.07, 6.45) is 4.65. The van der Waals surface area contributed by atoms with Crippen LogP contribution >= 0.6 is 0 Å². The minimum absolute atomic E-state index is 0.533. The fourth-order valence-corrected chi connectivity index (χ4v) is 2.77. The predicted molar refractivity (Wildman–Crippen MR) is 50.0 cm³/mol. The van der Waals surface area contributed by atoms with Crippen molar-refractivity contribution in [2.24, 2.45) is 17.3 Å². The van der Waals surface area contributed by atoms with Crippen LogP contribution in [0.3, 0.4) is 0 Å². The first-order valence-electron chi connectivity index (χ1n) is 5.20. The molecule has 2 rings (SSSR count). The topological polar surface area (TPSA) is 9.23 Å². The first-order valence-corrected chi connectivity index (χ1v) is 5.20. The molecule has 2 fully saturated rings. The van der Waals surface area contributed by atoms with Crippen molar-refractivity contribution in [2.75, 3.05) is 6.61 Å². The number of rotatable bonds is 0. The Morgan fingerprint density at radius 2 is 2.08 bits per heavy atom. The minimum atomic E-state index is 0.533. The standard InChI is InChI=1S/C11H20O/c1-8-7-12-10-6-11(2,3)5-4-9(8)10/h8-10H,4-7H2,1-3H3. The molecule has 0 spiro atoms. The van der Waals surface area contributed by atoms with Gasteiger partial charge in [-0.15, -0.1) is 0 Å². The van der Waals surface area contributed by atoms with Gasteiger partial charge in [-0.1, -0.05) is 20.8 Å². The van der Waals surface area contributed by atoms with E-state index in [2.05, 4.69) is 20.8 Å². The third-order valence-electron chi connectivity index (χ3n) is 3.69. The van der Waals surface area contributed by atoms with E-state index in [1.54, 1.807) is 0 Å². The van der Waals surface area contributed by atoms with E-state index in [4.69, 9.17) is 4.74 Å². The summed E-state index contributed by atoms with van der Waals surface area (Å²) >= 11 is 0. The van der Waals surface area contributed by atoms with Crippen LogP contribution in [0.25, 0.3) is 0 Å². The SMILES string of the molecule is CC1COC2CC(C)(C)CCC12. The number of hydrogen-bond donors (Lipinski definition) is 0. The molecule has 0 aromatic heterocycles. The van der Waals surface area contributed by atoms with E-state index in [9.17, 15) is 0 Å². The van der Waals surface area contributed by atoms with Crippen LogP contribution in [-0.2, 0) is 4.74 Å². The Morgan fingerprint density at radius 1 is 1.33 bits per heavy atom. The molecule has 3 unspecified atom stereocenters. The molecule has 1 saturated carbocycles. The van der Waals surface area contributed by atoms with Crippen molar-refractivity contribution in [3.05, 3.63) is 0 Å². The average molecular weight is 168 g/mol. The highest BCUT2D eigenvalue weighted by molar-refractivity contribution is 4.91. The van der Waals surface area contributed by atoms with E-state index in [1.807, 2.05) is 0 Å². The van der Waals surface area contributed by atoms with Crippen LogP contribution in [0.4, 0.5) is 0 Å². The molecule has 0 bridgehead atoms. The second kappa shape index (κ2) is 2.73. The fourth-order valence-electron chi connectivity index (χ4n) is 2.77. The van der Waals surface area contributed by atoms with Gasteiger partial charge in [-0.2, -0.15) is 0 Å². The molecular weight excluding hydrogens is 148 g/mol. The van der Waals surface area contributed by atoms with Gasteiger partial charge in [-0.3, -0.25) is 0 Å². The van der Waals surface area contributed by atoms with Crippen molar-refractivity contribution in [1.29, 1.82) is 0 Å². The molecule has 0 N–H and O–H groups in total. The highest BCUT2D eigenvalue weighted by Gasteiger charge is 2.41. The third-order valence-corrected chi connectivity index (χ3v) is 3.69. The lowest BCUT2D eigenvalue weighted by Crippen LogP contribution is -2.32. The minimum Gasteiger partial charge on any atom is -0.378 e. The maximum Gasteiger partial charge on any atom is 0.0611 e. The van der Waals surface area contributed by atoms with Crippen LogP contribution in [-0.4, -0.2) is 12.7 Å². The van der Waals surface area contributed by atoms with Gasteiger partial charge in [-0.25, -0.2) is 0 Å². The van der Waals surface area contributed by atoms with Gasteiger partial charge in [0.05, 0.1) is 6.10 Å². The van der Waals surface area contributed by atoms with Gasteiger partial charge < -0.3 is 4.74 Å². The van der Waals surface area contributed by atoms with Gasteiger partial charge in [0, 0.05) is 6.61 Å². The molecule has 0 aromatic carbocycles. The van der Waals surface area contributed by atoms with E-state index in [1.165, 1.54) is 19.3 Å². The molecule has 1 heteroatoms. The van der Waals surface area contributed by atoms with Gasteiger partial charge >= 0.3 is 0 Å². The summed E-state index contributed by atoms with van der Waals surface area (Å²) in [7, 11) is 0. The van der Waals surface area contributed by atoms with E-state index in [0.717, 1.165) is 18.4 Å². The van der Waals surface area contributed by atoms with Crippen molar-refractivity contribution < 1.29 is 4.74 Å². The quantitative estimate of drug-likeness (QED) is 0.540. The largest absolute Gasteiger partial charge is 0.378 e. The maximum atomic E-state index is 5.80. The zero-order valence-corrected chi connectivity index (χ0v) is 8.47. The smallest absolute Gasteiger partial charge is 0.0611 e. The average Bonchev–Trinajstić information content (AvgIpc) is 2.30. The lowest BCUT2D eigenvalue weighted by molar-refractivity contribution is 0.0206. The second-order valence-electron chi connectivity index (χ2n) is 5.42. The molecule has 3 atom stereocenters. The van der Waals surface area contributed by atoms with Gasteiger partial charge in [0.25, 0.3) is 0 Å². The lowest BCUT2D eigenvalue weighted by atomic mass is 9.69. The molecule has 0 radical (unpaired) electrons. The zero-order valence-electron chi connectivity index (χ0n) is 8.47. The first kappa shape index (κ1) is 8.55. The van der Waals surface area contributed by atoms with Crippen LogP contribution in [0.5, 0.6) is 0 Å². The van der Waals surface area contributed by atoms with Crippen molar-refractivity contribution in [3.8, 4) is 0 Å². The summed E-state index contributed by atoms with van der Waals surface area (Å²) in [5, 5.41) is 0. The molecule has 1 aliphatic heterocycles. The molecule has 1 heterocycles. The zero-order chi connectivity index (χ0) is 8.77. The van der Waals surface area contributed by atoms with Gasteiger partial charge in [-0.05, 0) is 36.5 Å². The highest BCUT2D eigenvalue weighted by atomic mass is 16.5. The Morgan fingerprint density at radius 3 is 2.83 bits per heavy atom. The van der Waals surface area contributed by atoms with Crippen LogP contribution in [0.15, 0.2) is 0 Å². The van der Waals surface area contributed by atoms with Crippen LogP contribution < -0.4 is 0 Å². The number of hydrogen-bond acceptors (Lipinski definition) is 1. The van der Waals surface area contributed by atoms with Gasteiger partial charge in [0.15, 0.2) is 0 Å². The molecule has 2 aliphatic rings. The molecule has 70 valence electrons. The lowest BCUT2D eigenvalue weighted by Gasteiger charge is -2.37. The first-order chi connectivity index (χ1) is 5.58. The molecule has 1 aliphatic carbocycles. The molecule has 1 nitrogen and oxygen atoms in total. The van der Waals surface area contributed by atoms with Crippen molar-refractivity contribution in [2.45, 2.75) is 46.1 Å². The molecule has 12 heavy (non-hydrogen) atoms. The van der Waals surface area contributed by atoms with Crippen molar-refractivity contribution >= 4 is 0 Å². The molecule has 0 aromatic rings. The van der Waals surface area contributed by atoms with Crippen molar-refractivity contribution in [1.82, 2.24) is 0 Å². The van der Waals surface area contributed by atoms with E-state index in [0.29, 0.717) is 11.5 Å². The summed E-state index contributed by atoms with van der Waals surface area (Å²) in [6, 6.07) is 0. The second-order valence-corrected chi connectivity index (χ2v) is 5.42. The Bertz CT molecular complexity index is 174. The summed E-state index contributed by atoms with van der Waals surface area (Å²) in [5.74, 6) is 1.68. The Balaban J connectivity index is 2.04. The summed E-state index contributed by atoms with van der Waals surface area (Å²) in [6.45, 7) is 8.08. The molecule has 1 saturated heterocycles. The van der Waals surface area contributed by atoms with Gasteiger partial charge in [0.2, 0.25) is 0 Å². The van der Waals surface area contributed by atoms with Crippen LogP contribution in [0.1, 0.15) is 40.0 Å². The predicted octanol–water partition coefficient (Wildman–Crippen LogP) is 2.85. The highest BCUT2D eigenvalue weighted by Crippen LogP contribution is 2.45. The molecular formula is C11H20O. The van der Waals surface area contributed by atoms with Crippen LogP contribution in [0, 0.1) is 17.3 Å². The summed E-state index contributed by atoms with van der Waals surface area (Å²) < 4.78 is 5.80.